The molecule has 3 N–H and O–H groups in total. The Hall–Kier alpha value is -0.910. The Bertz CT molecular complexity index is 286. The Morgan fingerprint density at radius 3 is 2.50 bits per heavy atom. The summed E-state index contributed by atoms with van der Waals surface area (Å²) in [7, 11) is 0. The first kappa shape index (κ1) is 15.1. The first-order valence-electron chi connectivity index (χ1n) is 6.41. The van der Waals surface area contributed by atoms with Crippen molar-refractivity contribution < 1.29 is 14.7 Å². The van der Waals surface area contributed by atoms with Gasteiger partial charge in [0, 0.05) is 6.42 Å². The third-order valence-electron chi connectivity index (χ3n) is 3.16. The number of carbonyl (C=O) groups excluding carboxylic acids is 1. The van der Waals surface area contributed by atoms with E-state index >= 15 is 0 Å². The van der Waals surface area contributed by atoms with Gasteiger partial charge in [0.15, 0.2) is 0 Å². The second-order valence-electron chi connectivity index (χ2n) is 4.61. The molecular weight excluding hydrogens is 252 g/mol. The molecule has 0 saturated carbocycles. The molecule has 0 spiro atoms. The van der Waals surface area contributed by atoms with Crippen molar-refractivity contribution in [2.75, 3.05) is 12.0 Å². The molecular formula is C12H22N2O3S. The highest BCUT2D eigenvalue weighted by atomic mass is 32.2. The lowest BCUT2D eigenvalue weighted by Gasteiger charge is -2.17. The van der Waals surface area contributed by atoms with Gasteiger partial charge in [0.2, 0.25) is 0 Å². The zero-order chi connectivity index (χ0) is 13.4. The van der Waals surface area contributed by atoms with Gasteiger partial charge >= 0.3 is 12.0 Å². The molecule has 1 saturated heterocycles. The van der Waals surface area contributed by atoms with Crippen molar-refractivity contribution in [3.05, 3.63) is 0 Å². The minimum Gasteiger partial charge on any atom is -0.481 e. The van der Waals surface area contributed by atoms with E-state index in [1.807, 2.05) is 0 Å². The van der Waals surface area contributed by atoms with Crippen LogP contribution in [0.5, 0.6) is 0 Å². The molecule has 18 heavy (non-hydrogen) atoms. The van der Waals surface area contributed by atoms with Gasteiger partial charge in [0.1, 0.15) is 0 Å². The van der Waals surface area contributed by atoms with Crippen LogP contribution in [0.2, 0.25) is 0 Å². The lowest BCUT2D eigenvalue weighted by Crippen LogP contribution is -2.34. The Balaban J connectivity index is 2.18. The molecule has 0 bridgehead atoms. The fraction of sp³-hybridized carbons (Fsp3) is 0.833. The fourth-order valence-corrected chi connectivity index (χ4v) is 2.68. The summed E-state index contributed by atoms with van der Waals surface area (Å²) in [4.78, 5) is 21.7. The van der Waals surface area contributed by atoms with Crippen molar-refractivity contribution in [1.29, 1.82) is 0 Å². The van der Waals surface area contributed by atoms with Crippen LogP contribution in [0.15, 0.2) is 0 Å². The van der Waals surface area contributed by atoms with E-state index in [9.17, 15) is 9.59 Å². The van der Waals surface area contributed by atoms with Crippen LogP contribution in [-0.4, -0.2) is 41.2 Å². The third-order valence-corrected chi connectivity index (χ3v) is 3.80. The number of carbonyl (C=O) groups is 2. The summed E-state index contributed by atoms with van der Waals surface area (Å²) < 4.78 is 0. The predicted molar refractivity (Wildman–Crippen MR) is 73.0 cm³/mol. The van der Waals surface area contributed by atoms with Gasteiger partial charge in [-0.25, -0.2) is 4.79 Å². The second-order valence-corrected chi connectivity index (χ2v) is 5.59. The van der Waals surface area contributed by atoms with Crippen molar-refractivity contribution >= 4 is 23.8 Å². The number of thioether (sulfide) groups is 1. The van der Waals surface area contributed by atoms with Crippen molar-refractivity contribution in [2.24, 2.45) is 0 Å². The Morgan fingerprint density at radius 1 is 1.22 bits per heavy atom. The molecule has 1 aliphatic heterocycles. The van der Waals surface area contributed by atoms with E-state index in [4.69, 9.17) is 5.11 Å². The zero-order valence-electron chi connectivity index (χ0n) is 10.8. The van der Waals surface area contributed by atoms with Gasteiger partial charge in [-0.3, -0.25) is 4.79 Å². The first-order chi connectivity index (χ1) is 8.63. The van der Waals surface area contributed by atoms with E-state index < -0.39 is 5.97 Å². The molecule has 1 rings (SSSR count). The number of hydrogen-bond acceptors (Lipinski definition) is 3. The number of carboxylic acids is 1. The molecule has 1 aliphatic rings. The van der Waals surface area contributed by atoms with Crippen LogP contribution < -0.4 is 10.6 Å². The van der Waals surface area contributed by atoms with E-state index in [0.717, 1.165) is 37.9 Å². The number of nitrogens with one attached hydrogen (secondary N) is 2. The standard InChI is InChI=1S/C12H22N2O3S/c1-18-8-7-10-9(13-12(17)14-10)5-3-2-4-6-11(15)16/h9-10H,2-8H2,1H3,(H,15,16)(H2,13,14,17). The van der Waals surface area contributed by atoms with Crippen LogP contribution in [0.4, 0.5) is 4.79 Å². The Morgan fingerprint density at radius 2 is 1.89 bits per heavy atom. The molecule has 104 valence electrons. The number of amides is 2. The van der Waals surface area contributed by atoms with E-state index in [0.29, 0.717) is 0 Å². The van der Waals surface area contributed by atoms with E-state index in [2.05, 4.69) is 16.9 Å². The van der Waals surface area contributed by atoms with Crippen molar-refractivity contribution in [2.45, 2.75) is 50.6 Å². The minimum atomic E-state index is -0.733. The number of urea groups is 1. The molecule has 6 heteroatoms. The molecule has 2 unspecified atom stereocenters. The summed E-state index contributed by atoms with van der Waals surface area (Å²) in [6.07, 6.45) is 6.82. The maximum absolute atomic E-state index is 11.3. The molecule has 0 radical (unpaired) electrons. The van der Waals surface area contributed by atoms with Crippen molar-refractivity contribution in [3.8, 4) is 0 Å². The topological polar surface area (TPSA) is 78.4 Å². The minimum absolute atomic E-state index is 0.0726. The van der Waals surface area contributed by atoms with Gasteiger partial charge in [-0.2, -0.15) is 11.8 Å². The summed E-state index contributed by atoms with van der Waals surface area (Å²) in [5.74, 6) is 0.311. The molecule has 0 aromatic rings. The summed E-state index contributed by atoms with van der Waals surface area (Å²) in [5, 5.41) is 14.4. The van der Waals surface area contributed by atoms with E-state index in [1.165, 1.54) is 0 Å². The highest BCUT2D eigenvalue weighted by Crippen LogP contribution is 2.15. The summed E-state index contributed by atoms with van der Waals surface area (Å²) in [5.41, 5.74) is 0. The van der Waals surface area contributed by atoms with Gasteiger partial charge in [-0.15, -0.1) is 0 Å². The molecule has 2 amide bonds. The smallest absolute Gasteiger partial charge is 0.315 e. The van der Waals surface area contributed by atoms with Crippen LogP contribution in [-0.2, 0) is 4.79 Å². The predicted octanol–water partition coefficient (Wildman–Crippen LogP) is 1.82. The number of hydrogen-bond donors (Lipinski definition) is 3. The van der Waals surface area contributed by atoms with Crippen LogP contribution in [0.3, 0.4) is 0 Å². The average Bonchev–Trinajstić information content (AvgIpc) is 2.66. The van der Waals surface area contributed by atoms with Crippen molar-refractivity contribution in [3.63, 3.8) is 0 Å². The van der Waals surface area contributed by atoms with Gasteiger partial charge in [0.05, 0.1) is 12.1 Å². The van der Waals surface area contributed by atoms with Gasteiger partial charge in [-0.1, -0.05) is 12.8 Å². The van der Waals surface area contributed by atoms with Gasteiger partial charge in [-0.05, 0) is 31.3 Å². The van der Waals surface area contributed by atoms with Gasteiger partial charge in [0.25, 0.3) is 0 Å². The Labute approximate surface area is 112 Å². The van der Waals surface area contributed by atoms with Crippen LogP contribution in [0.25, 0.3) is 0 Å². The quantitative estimate of drug-likeness (QED) is 0.560. The molecule has 0 aromatic heterocycles. The molecule has 1 heterocycles. The first-order valence-corrected chi connectivity index (χ1v) is 7.80. The molecule has 1 fully saturated rings. The van der Waals surface area contributed by atoms with E-state index in [1.54, 1.807) is 11.8 Å². The maximum atomic E-state index is 11.3. The molecule has 5 nitrogen and oxygen atoms in total. The summed E-state index contributed by atoms with van der Waals surface area (Å²) >= 11 is 1.78. The number of aliphatic carboxylic acids is 1. The highest BCUT2D eigenvalue weighted by Gasteiger charge is 2.30. The monoisotopic (exact) mass is 274 g/mol. The lowest BCUT2D eigenvalue weighted by atomic mass is 10.0. The SMILES string of the molecule is CSCCC1NC(=O)NC1CCCCCC(=O)O. The largest absolute Gasteiger partial charge is 0.481 e. The highest BCUT2D eigenvalue weighted by molar-refractivity contribution is 7.98. The number of rotatable bonds is 9. The van der Waals surface area contributed by atoms with Crippen molar-refractivity contribution in [1.82, 2.24) is 10.6 Å². The lowest BCUT2D eigenvalue weighted by molar-refractivity contribution is -0.137. The summed E-state index contributed by atoms with van der Waals surface area (Å²) in [6.45, 7) is 0. The van der Waals surface area contributed by atoms with E-state index in [-0.39, 0.29) is 24.5 Å². The van der Waals surface area contributed by atoms with Crippen LogP contribution in [0, 0.1) is 0 Å². The normalized spacial score (nSPS) is 22.6. The Kier molecular flexibility index (Phi) is 6.93. The fourth-order valence-electron chi connectivity index (χ4n) is 2.19. The second kappa shape index (κ2) is 8.24. The maximum Gasteiger partial charge on any atom is 0.315 e. The zero-order valence-corrected chi connectivity index (χ0v) is 11.6. The van der Waals surface area contributed by atoms with Gasteiger partial charge < -0.3 is 15.7 Å². The average molecular weight is 274 g/mol. The van der Waals surface area contributed by atoms with Crippen LogP contribution in [0.1, 0.15) is 38.5 Å². The molecule has 2 atom stereocenters. The molecule has 0 aliphatic carbocycles. The summed E-state index contributed by atoms with van der Waals surface area (Å²) in [6, 6.07) is 0.357. The third kappa shape index (κ3) is 5.62. The van der Waals surface area contributed by atoms with Crippen LogP contribution >= 0.6 is 11.8 Å². The number of carboxylic acid groups (broad SMARTS) is 1. The number of unbranched alkanes of at least 4 members (excludes halogenated alkanes) is 2. The molecule has 0 aromatic carbocycles.